The lowest BCUT2D eigenvalue weighted by molar-refractivity contribution is 0.0601. The minimum Gasteiger partial charge on any atom is -0.465 e. The van der Waals surface area contributed by atoms with Crippen molar-refractivity contribution in [3.8, 4) is 0 Å². The topological polar surface area (TPSA) is 26.3 Å². The van der Waals surface area contributed by atoms with Gasteiger partial charge >= 0.3 is 5.97 Å². The molecule has 76 valence electrons. The lowest BCUT2D eigenvalue weighted by atomic mass is 10.1. The molecule has 0 atom stereocenters. The van der Waals surface area contributed by atoms with Crippen LogP contribution in [-0.4, -0.2) is 13.1 Å². The van der Waals surface area contributed by atoms with E-state index in [2.05, 4.69) is 4.74 Å². The molecule has 1 aromatic carbocycles. The van der Waals surface area contributed by atoms with E-state index in [0.717, 1.165) is 0 Å². The largest absolute Gasteiger partial charge is 0.465 e. The van der Waals surface area contributed by atoms with Gasteiger partial charge in [0.25, 0.3) is 0 Å². The highest BCUT2D eigenvalue weighted by molar-refractivity contribution is 6.45. The van der Waals surface area contributed by atoms with E-state index in [4.69, 9.17) is 34.8 Å². The molecule has 14 heavy (non-hydrogen) atoms. The molecule has 2 nitrogen and oxygen atoms in total. The Kier molecular flexibility index (Phi) is 3.65. The van der Waals surface area contributed by atoms with Crippen LogP contribution < -0.4 is 0 Å². The van der Waals surface area contributed by atoms with Crippen LogP contribution in [0.2, 0.25) is 15.1 Å². The SMILES string of the molecule is COC(=O)c1cc(Cl)c(C)c(Cl)c1Cl. The van der Waals surface area contributed by atoms with Gasteiger partial charge in [0.2, 0.25) is 0 Å². The Morgan fingerprint density at radius 1 is 1.29 bits per heavy atom. The molecule has 0 aliphatic rings. The van der Waals surface area contributed by atoms with E-state index in [1.807, 2.05) is 0 Å². The van der Waals surface area contributed by atoms with Gasteiger partial charge in [-0.2, -0.15) is 0 Å². The van der Waals surface area contributed by atoms with Crippen molar-refractivity contribution in [3.63, 3.8) is 0 Å². The van der Waals surface area contributed by atoms with E-state index in [1.54, 1.807) is 6.92 Å². The number of halogens is 3. The number of rotatable bonds is 1. The molecule has 1 rings (SSSR count). The van der Waals surface area contributed by atoms with E-state index < -0.39 is 5.97 Å². The molecule has 0 amide bonds. The molecular weight excluding hydrogens is 246 g/mol. The Labute approximate surface area is 96.7 Å². The third-order valence-electron chi connectivity index (χ3n) is 1.79. The standard InChI is InChI=1S/C9H7Cl3O2/c1-4-6(10)3-5(9(13)14-2)8(12)7(4)11/h3H,1-2H3. The van der Waals surface area contributed by atoms with Crippen LogP contribution in [0.4, 0.5) is 0 Å². The zero-order valence-corrected chi connectivity index (χ0v) is 9.80. The van der Waals surface area contributed by atoms with Gasteiger partial charge in [-0.1, -0.05) is 34.8 Å². The van der Waals surface area contributed by atoms with Crippen LogP contribution in [-0.2, 0) is 4.74 Å². The number of benzene rings is 1. The molecule has 0 unspecified atom stereocenters. The van der Waals surface area contributed by atoms with Gasteiger partial charge in [0.05, 0.1) is 22.7 Å². The second kappa shape index (κ2) is 4.39. The maximum Gasteiger partial charge on any atom is 0.339 e. The quantitative estimate of drug-likeness (QED) is 0.563. The van der Waals surface area contributed by atoms with Crippen LogP contribution >= 0.6 is 34.8 Å². The number of esters is 1. The van der Waals surface area contributed by atoms with Crippen molar-refractivity contribution in [2.24, 2.45) is 0 Å². The summed E-state index contributed by atoms with van der Waals surface area (Å²) in [5.74, 6) is -0.557. The molecule has 1 aromatic rings. The molecular formula is C9H7Cl3O2. The van der Waals surface area contributed by atoms with E-state index in [1.165, 1.54) is 13.2 Å². The minimum absolute atomic E-state index is 0.167. The van der Waals surface area contributed by atoms with Crippen molar-refractivity contribution in [1.29, 1.82) is 0 Å². The Bertz CT molecular complexity index is 388. The number of carbonyl (C=O) groups excluding carboxylic acids is 1. The molecule has 0 aromatic heterocycles. The molecule has 0 spiro atoms. The highest BCUT2D eigenvalue weighted by atomic mass is 35.5. The van der Waals surface area contributed by atoms with Crippen LogP contribution in [0.5, 0.6) is 0 Å². The summed E-state index contributed by atoms with van der Waals surface area (Å²) >= 11 is 17.6. The summed E-state index contributed by atoms with van der Waals surface area (Å²) in [6.07, 6.45) is 0. The predicted molar refractivity (Wildman–Crippen MR) is 57.5 cm³/mol. The Balaban J connectivity index is 3.40. The predicted octanol–water partition coefficient (Wildman–Crippen LogP) is 3.74. The average Bonchev–Trinajstić information content (AvgIpc) is 2.19. The van der Waals surface area contributed by atoms with Crippen molar-refractivity contribution < 1.29 is 9.53 Å². The van der Waals surface area contributed by atoms with Crippen LogP contribution in [0.1, 0.15) is 15.9 Å². The fourth-order valence-corrected chi connectivity index (χ4v) is 1.67. The lowest BCUT2D eigenvalue weighted by Gasteiger charge is -2.08. The van der Waals surface area contributed by atoms with Gasteiger partial charge in [0, 0.05) is 5.02 Å². The molecule has 0 bridgehead atoms. The fourth-order valence-electron chi connectivity index (χ4n) is 0.945. The summed E-state index contributed by atoms with van der Waals surface area (Å²) < 4.78 is 4.53. The highest BCUT2D eigenvalue weighted by Crippen LogP contribution is 2.34. The van der Waals surface area contributed by atoms with Crippen LogP contribution in [0.3, 0.4) is 0 Å². The summed E-state index contributed by atoms with van der Waals surface area (Å²) in [6.45, 7) is 1.72. The van der Waals surface area contributed by atoms with Gasteiger partial charge in [-0.25, -0.2) is 4.79 Å². The van der Waals surface area contributed by atoms with Gasteiger partial charge in [-0.05, 0) is 18.6 Å². The van der Waals surface area contributed by atoms with Crippen LogP contribution in [0.25, 0.3) is 0 Å². The monoisotopic (exact) mass is 252 g/mol. The van der Waals surface area contributed by atoms with Gasteiger partial charge < -0.3 is 4.74 Å². The van der Waals surface area contributed by atoms with Crippen molar-refractivity contribution in [2.45, 2.75) is 6.92 Å². The zero-order chi connectivity index (χ0) is 10.9. The number of methoxy groups -OCH3 is 1. The first-order chi connectivity index (χ1) is 6.49. The Hall–Kier alpha value is -0.440. The van der Waals surface area contributed by atoms with Crippen molar-refractivity contribution >= 4 is 40.8 Å². The minimum atomic E-state index is -0.557. The van der Waals surface area contributed by atoms with E-state index in [-0.39, 0.29) is 15.6 Å². The highest BCUT2D eigenvalue weighted by Gasteiger charge is 2.17. The molecule has 5 heteroatoms. The second-order valence-corrected chi connectivity index (χ2v) is 3.81. The fraction of sp³-hybridized carbons (Fsp3) is 0.222. The van der Waals surface area contributed by atoms with Crippen molar-refractivity contribution in [3.05, 3.63) is 32.3 Å². The number of ether oxygens (including phenoxy) is 1. The third kappa shape index (κ3) is 1.97. The number of carbonyl (C=O) groups is 1. The summed E-state index contributed by atoms with van der Waals surface area (Å²) in [4.78, 5) is 11.2. The van der Waals surface area contributed by atoms with Crippen LogP contribution in [0, 0.1) is 6.92 Å². The first kappa shape index (κ1) is 11.6. The molecule has 0 fully saturated rings. The summed E-state index contributed by atoms with van der Waals surface area (Å²) in [5, 5.41) is 0.833. The number of hydrogen-bond donors (Lipinski definition) is 0. The molecule has 0 aliphatic heterocycles. The zero-order valence-electron chi connectivity index (χ0n) is 7.53. The lowest BCUT2D eigenvalue weighted by Crippen LogP contribution is -2.03. The van der Waals surface area contributed by atoms with E-state index in [0.29, 0.717) is 10.6 Å². The van der Waals surface area contributed by atoms with Crippen LogP contribution in [0.15, 0.2) is 6.07 Å². The maximum atomic E-state index is 11.2. The van der Waals surface area contributed by atoms with Gasteiger partial charge in [0.1, 0.15) is 0 Å². The maximum absolute atomic E-state index is 11.2. The second-order valence-electron chi connectivity index (χ2n) is 2.65. The summed E-state index contributed by atoms with van der Waals surface area (Å²) in [5.41, 5.74) is 0.820. The Morgan fingerprint density at radius 3 is 2.36 bits per heavy atom. The first-order valence-electron chi connectivity index (χ1n) is 3.71. The smallest absolute Gasteiger partial charge is 0.339 e. The molecule has 0 saturated carbocycles. The van der Waals surface area contributed by atoms with E-state index in [9.17, 15) is 4.79 Å². The normalized spacial score (nSPS) is 10.1. The molecule has 0 aliphatic carbocycles. The third-order valence-corrected chi connectivity index (χ3v) is 3.15. The first-order valence-corrected chi connectivity index (χ1v) is 4.84. The number of hydrogen-bond acceptors (Lipinski definition) is 2. The average molecular weight is 254 g/mol. The molecule has 0 heterocycles. The van der Waals surface area contributed by atoms with Crippen molar-refractivity contribution in [1.82, 2.24) is 0 Å². The molecule has 0 radical (unpaired) electrons. The van der Waals surface area contributed by atoms with Gasteiger partial charge in [-0.15, -0.1) is 0 Å². The Morgan fingerprint density at radius 2 is 1.86 bits per heavy atom. The molecule has 0 saturated heterocycles. The molecule has 0 N–H and O–H groups in total. The summed E-state index contributed by atoms with van der Waals surface area (Å²) in [6, 6.07) is 1.44. The van der Waals surface area contributed by atoms with Gasteiger partial charge in [0.15, 0.2) is 0 Å². The van der Waals surface area contributed by atoms with E-state index >= 15 is 0 Å². The van der Waals surface area contributed by atoms with Gasteiger partial charge in [-0.3, -0.25) is 0 Å². The summed E-state index contributed by atoms with van der Waals surface area (Å²) in [7, 11) is 1.26. The van der Waals surface area contributed by atoms with Crippen molar-refractivity contribution in [2.75, 3.05) is 7.11 Å².